The molecule has 1 aliphatic rings. The summed E-state index contributed by atoms with van der Waals surface area (Å²) in [6, 6.07) is 15.2. The second kappa shape index (κ2) is 10.3. The minimum absolute atomic E-state index is 0.0801. The highest BCUT2D eigenvalue weighted by atomic mass is 32.1. The van der Waals surface area contributed by atoms with Gasteiger partial charge < -0.3 is 24.6 Å². The first-order valence-electron chi connectivity index (χ1n) is 9.83. The highest BCUT2D eigenvalue weighted by Gasteiger charge is 2.23. The van der Waals surface area contributed by atoms with Crippen LogP contribution in [0, 0.1) is 0 Å². The number of methoxy groups -OCH3 is 2. The van der Waals surface area contributed by atoms with Gasteiger partial charge in [-0.1, -0.05) is 18.2 Å². The van der Waals surface area contributed by atoms with Gasteiger partial charge in [0.05, 0.1) is 26.5 Å². The molecule has 7 nitrogen and oxygen atoms in total. The van der Waals surface area contributed by atoms with E-state index < -0.39 is 0 Å². The molecule has 1 heterocycles. The Hall–Kier alpha value is -2.84. The summed E-state index contributed by atoms with van der Waals surface area (Å²) in [4.78, 5) is 18.6. The second-order valence-electron chi connectivity index (χ2n) is 7.05. The third-order valence-electron chi connectivity index (χ3n) is 5.18. The van der Waals surface area contributed by atoms with Crippen molar-refractivity contribution in [1.82, 2.24) is 9.80 Å². The molecule has 1 amide bonds. The summed E-state index contributed by atoms with van der Waals surface area (Å²) < 4.78 is 10.7. The molecule has 2 aromatic carbocycles. The third-order valence-corrected chi connectivity index (χ3v) is 5.54. The van der Waals surface area contributed by atoms with Crippen LogP contribution in [0.2, 0.25) is 0 Å². The van der Waals surface area contributed by atoms with Crippen molar-refractivity contribution >= 4 is 34.6 Å². The summed E-state index contributed by atoms with van der Waals surface area (Å²) in [6.45, 7) is 3.43. The molecule has 8 heteroatoms. The summed E-state index contributed by atoms with van der Waals surface area (Å²) >= 11 is 5.60. The number of ether oxygens (including phenoxy) is 2. The summed E-state index contributed by atoms with van der Waals surface area (Å²) in [6.07, 6.45) is 0. The molecule has 0 radical (unpaired) electrons. The molecule has 0 spiro atoms. The normalized spacial score (nSPS) is 14.2. The zero-order chi connectivity index (χ0) is 21.5. The molecule has 2 aromatic rings. The number of benzene rings is 2. The molecule has 1 aliphatic heterocycles. The fraction of sp³-hybridized carbons (Fsp3) is 0.364. The van der Waals surface area contributed by atoms with Gasteiger partial charge in [-0.05, 0) is 36.5 Å². The van der Waals surface area contributed by atoms with Gasteiger partial charge >= 0.3 is 0 Å². The van der Waals surface area contributed by atoms with E-state index in [9.17, 15) is 4.79 Å². The number of thiocarbonyl (C=S) groups is 1. The molecule has 1 fully saturated rings. The summed E-state index contributed by atoms with van der Waals surface area (Å²) in [7, 11) is 5.06. The lowest BCUT2D eigenvalue weighted by molar-refractivity contribution is -0.119. The first kappa shape index (κ1) is 21.9. The van der Waals surface area contributed by atoms with E-state index in [0.29, 0.717) is 17.4 Å². The van der Waals surface area contributed by atoms with Gasteiger partial charge in [0.25, 0.3) is 0 Å². The SMILES string of the molecule is COc1ccc(OC)c(NC(=S)N2CCN(CC(=O)N(C)c3ccccc3)CC2)c1. The lowest BCUT2D eigenvalue weighted by atomic mass is 10.2. The topological polar surface area (TPSA) is 57.3 Å². The number of piperazine rings is 1. The fourth-order valence-corrected chi connectivity index (χ4v) is 3.60. The van der Waals surface area contributed by atoms with E-state index in [1.54, 1.807) is 19.1 Å². The molecule has 0 saturated carbocycles. The quantitative estimate of drug-likeness (QED) is 0.710. The summed E-state index contributed by atoms with van der Waals surface area (Å²) in [5.74, 6) is 1.51. The minimum atomic E-state index is 0.0801. The number of nitrogens with zero attached hydrogens (tertiary/aromatic N) is 3. The van der Waals surface area contributed by atoms with E-state index in [2.05, 4.69) is 15.1 Å². The number of rotatable bonds is 6. The van der Waals surface area contributed by atoms with Gasteiger partial charge in [0.1, 0.15) is 11.5 Å². The Labute approximate surface area is 183 Å². The molecule has 0 unspecified atom stereocenters. The van der Waals surface area contributed by atoms with Crippen molar-refractivity contribution in [1.29, 1.82) is 0 Å². The maximum atomic E-state index is 12.6. The molecule has 0 atom stereocenters. The Morgan fingerprint density at radius 3 is 2.40 bits per heavy atom. The van der Waals surface area contributed by atoms with Crippen LogP contribution in [0.1, 0.15) is 0 Å². The van der Waals surface area contributed by atoms with Crippen molar-refractivity contribution in [3.05, 3.63) is 48.5 Å². The van der Waals surface area contributed by atoms with Crippen molar-refractivity contribution in [3.63, 3.8) is 0 Å². The predicted octanol–water partition coefficient (Wildman–Crippen LogP) is 2.68. The Morgan fingerprint density at radius 2 is 1.77 bits per heavy atom. The van der Waals surface area contributed by atoms with Crippen LogP contribution in [0.4, 0.5) is 11.4 Å². The zero-order valence-corrected chi connectivity index (χ0v) is 18.4. The van der Waals surface area contributed by atoms with Crippen LogP contribution < -0.4 is 19.7 Å². The summed E-state index contributed by atoms with van der Waals surface area (Å²) in [5.41, 5.74) is 1.67. The van der Waals surface area contributed by atoms with Crippen LogP contribution in [0.25, 0.3) is 0 Å². The summed E-state index contributed by atoms with van der Waals surface area (Å²) in [5, 5.41) is 3.89. The number of para-hydroxylation sites is 1. The molecule has 1 N–H and O–H groups in total. The van der Waals surface area contributed by atoms with Crippen LogP contribution in [0.15, 0.2) is 48.5 Å². The smallest absolute Gasteiger partial charge is 0.240 e. The van der Waals surface area contributed by atoms with Gasteiger partial charge in [-0.3, -0.25) is 9.69 Å². The highest BCUT2D eigenvalue weighted by molar-refractivity contribution is 7.80. The van der Waals surface area contributed by atoms with E-state index in [0.717, 1.165) is 43.3 Å². The number of amides is 1. The van der Waals surface area contributed by atoms with Crippen LogP contribution in [0.3, 0.4) is 0 Å². The standard InChI is InChI=1S/C22H28N4O3S/c1-24(17-7-5-4-6-8-17)21(27)16-25-11-13-26(14-12-25)22(30)23-19-15-18(28-2)9-10-20(19)29-3/h4-10,15H,11-14,16H2,1-3H3,(H,23,30). The van der Waals surface area contributed by atoms with Crippen molar-refractivity contribution in [2.75, 3.05) is 64.2 Å². The molecule has 0 aromatic heterocycles. The van der Waals surface area contributed by atoms with Crippen LogP contribution in [-0.2, 0) is 4.79 Å². The number of anilines is 2. The second-order valence-corrected chi connectivity index (χ2v) is 7.43. The average molecular weight is 429 g/mol. The van der Waals surface area contributed by atoms with Gasteiger partial charge in [0, 0.05) is 45.0 Å². The lowest BCUT2D eigenvalue weighted by Gasteiger charge is -2.36. The van der Waals surface area contributed by atoms with Crippen molar-refractivity contribution in [3.8, 4) is 11.5 Å². The van der Waals surface area contributed by atoms with Crippen LogP contribution >= 0.6 is 12.2 Å². The van der Waals surface area contributed by atoms with E-state index in [1.165, 1.54) is 0 Å². The minimum Gasteiger partial charge on any atom is -0.497 e. The molecule has 0 bridgehead atoms. The van der Waals surface area contributed by atoms with E-state index in [-0.39, 0.29) is 5.91 Å². The van der Waals surface area contributed by atoms with Crippen molar-refractivity contribution < 1.29 is 14.3 Å². The number of carbonyl (C=O) groups excluding carboxylic acids is 1. The van der Waals surface area contributed by atoms with Gasteiger partial charge in [0.15, 0.2) is 5.11 Å². The van der Waals surface area contributed by atoms with Crippen LogP contribution in [0.5, 0.6) is 11.5 Å². The van der Waals surface area contributed by atoms with Crippen LogP contribution in [-0.4, -0.2) is 74.8 Å². The largest absolute Gasteiger partial charge is 0.497 e. The van der Waals surface area contributed by atoms with E-state index >= 15 is 0 Å². The molecule has 30 heavy (non-hydrogen) atoms. The Bertz CT molecular complexity index is 870. The highest BCUT2D eigenvalue weighted by Crippen LogP contribution is 2.29. The number of likely N-dealkylation sites (N-methyl/N-ethyl adjacent to an activating group) is 1. The van der Waals surface area contributed by atoms with E-state index in [4.69, 9.17) is 21.7 Å². The number of nitrogens with one attached hydrogen (secondary N) is 1. The van der Waals surface area contributed by atoms with E-state index in [1.807, 2.05) is 55.6 Å². The van der Waals surface area contributed by atoms with Gasteiger partial charge in [-0.25, -0.2) is 0 Å². The average Bonchev–Trinajstić information content (AvgIpc) is 2.79. The number of hydrogen-bond acceptors (Lipinski definition) is 5. The molecule has 160 valence electrons. The Kier molecular flexibility index (Phi) is 7.48. The van der Waals surface area contributed by atoms with Gasteiger partial charge in [-0.2, -0.15) is 0 Å². The first-order valence-corrected chi connectivity index (χ1v) is 10.2. The Balaban J connectivity index is 1.52. The molecular weight excluding hydrogens is 400 g/mol. The maximum absolute atomic E-state index is 12.6. The molecule has 3 rings (SSSR count). The number of hydrogen-bond donors (Lipinski definition) is 1. The predicted molar refractivity (Wildman–Crippen MR) is 124 cm³/mol. The van der Waals surface area contributed by atoms with Crippen molar-refractivity contribution in [2.45, 2.75) is 0 Å². The third kappa shape index (κ3) is 5.40. The molecule has 0 aliphatic carbocycles. The lowest BCUT2D eigenvalue weighted by Crippen LogP contribution is -2.52. The Morgan fingerprint density at radius 1 is 1.07 bits per heavy atom. The zero-order valence-electron chi connectivity index (χ0n) is 17.6. The van der Waals surface area contributed by atoms with Crippen molar-refractivity contribution in [2.24, 2.45) is 0 Å². The van der Waals surface area contributed by atoms with Gasteiger partial charge in [0.2, 0.25) is 5.91 Å². The molecule has 1 saturated heterocycles. The molecular formula is C22H28N4O3S. The van der Waals surface area contributed by atoms with Gasteiger partial charge in [-0.15, -0.1) is 0 Å². The first-order chi connectivity index (χ1) is 14.5. The number of carbonyl (C=O) groups is 1. The monoisotopic (exact) mass is 428 g/mol. The maximum Gasteiger partial charge on any atom is 0.240 e. The fourth-order valence-electron chi connectivity index (χ4n) is 3.31.